The molecule has 8 heteroatoms. The van der Waals surface area contributed by atoms with Gasteiger partial charge in [-0.15, -0.1) is 0 Å². The Labute approximate surface area is 173 Å². The normalized spacial score (nSPS) is 11.9. The summed E-state index contributed by atoms with van der Waals surface area (Å²) in [6, 6.07) is 12.4. The number of ether oxygens (including phenoxy) is 2. The predicted octanol–water partition coefficient (Wildman–Crippen LogP) is 3.46. The van der Waals surface area contributed by atoms with Gasteiger partial charge < -0.3 is 14.8 Å². The van der Waals surface area contributed by atoms with E-state index in [4.69, 9.17) is 9.47 Å². The number of carbonyl (C=O) groups is 1. The topological polar surface area (TPSA) is 82.5 Å². The van der Waals surface area contributed by atoms with E-state index >= 15 is 0 Å². The van der Waals surface area contributed by atoms with Crippen LogP contribution in [0, 0.1) is 0 Å². The van der Waals surface area contributed by atoms with E-state index in [0.717, 1.165) is 0 Å². The van der Waals surface area contributed by atoms with Crippen molar-refractivity contribution in [3.05, 3.63) is 52.8 Å². The van der Waals surface area contributed by atoms with Crippen molar-refractivity contribution >= 4 is 34.3 Å². The number of nitrogens with zero attached hydrogens (tertiary/aromatic N) is 2. The SMILES string of the molecule is CCC(Sc1nc2ccccc2c(=O)n1C)C(=O)Nc1cc(OC)cc(OC)c1. The molecular formula is C21H23N3O4S. The van der Waals surface area contributed by atoms with Crippen LogP contribution < -0.4 is 20.3 Å². The van der Waals surface area contributed by atoms with E-state index in [1.165, 1.54) is 16.3 Å². The van der Waals surface area contributed by atoms with Crippen LogP contribution in [0.5, 0.6) is 11.5 Å². The van der Waals surface area contributed by atoms with Crippen molar-refractivity contribution in [2.75, 3.05) is 19.5 Å². The lowest BCUT2D eigenvalue weighted by Gasteiger charge is -2.17. The highest BCUT2D eigenvalue weighted by molar-refractivity contribution is 8.00. The molecule has 1 heterocycles. The van der Waals surface area contributed by atoms with Crippen molar-refractivity contribution in [2.24, 2.45) is 7.05 Å². The molecule has 0 aliphatic heterocycles. The molecule has 1 amide bonds. The molecule has 0 radical (unpaired) electrons. The Morgan fingerprint density at radius 3 is 2.45 bits per heavy atom. The highest BCUT2D eigenvalue weighted by atomic mass is 32.2. The number of benzene rings is 2. The van der Waals surface area contributed by atoms with Crippen molar-refractivity contribution in [3.63, 3.8) is 0 Å². The number of rotatable bonds is 7. The van der Waals surface area contributed by atoms with Gasteiger partial charge in [0.05, 0.1) is 30.4 Å². The molecule has 2 aromatic carbocycles. The van der Waals surface area contributed by atoms with Crippen molar-refractivity contribution in [2.45, 2.75) is 23.8 Å². The van der Waals surface area contributed by atoms with Gasteiger partial charge in [-0.1, -0.05) is 30.8 Å². The van der Waals surface area contributed by atoms with E-state index < -0.39 is 5.25 Å². The summed E-state index contributed by atoms with van der Waals surface area (Å²) in [6.07, 6.45) is 0.570. The molecule has 0 saturated heterocycles. The fourth-order valence-corrected chi connectivity index (χ4v) is 3.83. The van der Waals surface area contributed by atoms with E-state index in [1.54, 1.807) is 51.6 Å². The lowest BCUT2D eigenvalue weighted by atomic mass is 10.2. The Balaban J connectivity index is 1.85. The molecule has 0 fully saturated rings. The summed E-state index contributed by atoms with van der Waals surface area (Å²) >= 11 is 1.27. The molecule has 0 aliphatic rings. The molecule has 29 heavy (non-hydrogen) atoms. The number of anilines is 1. The van der Waals surface area contributed by atoms with Gasteiger partial charge in [-0.2, -0.15) is 0 Å². The van der Waals surface area contributed by atoms with Gasteiger partial charge in [-0.05, 0) is 18.6 Å². The maximum absolute atomic E-state index is 12.9. The first-order valence-electron chi connectivity index (χ1n) is 9.13. The summed E-state index contributed by atoms with van der Waals surface area (Å²) in [6.45, 7) is 1.92. The Morgan fingerprint density at radius 1 is 1.17 bits per heavy atom. The van der Waals surface area contributed by atoms with Gasteiger partial charge in [0, 0.05) is 30.9 Å². The summed E-state index contributed by atoms with van der Waals surface area (Å²) in [5.41, 5.74) is 1.06. The third kappa shape index (κ3) is 4.54. The van der Waals surface area contributed by atoms with Crippen LogP contribution in [0.2, 0.25) is 0 Å². The van der Waals surface area contributed by atoms with Crippen LogP contribution in [-0.4, -0.2) is 34.9 Å². The molecule has 152 valence electrons. The number of thioether (sulfide) groups is 1. The molecule has 0 spiro atoms. The van der Waals surface area contributed by atoms with E-state index in [9.17, 15) is 9.59 Å². The number of nitrogens with one attached hydrogen (secondary N) is 1. The van der Waals surface area contributed by atoms with Gasteiger partial charge >= 0.3 is 0 Å². The van der Waals surface area contributed by atoms with Crippen molar-refractivity contribution in [1.29, 1.82) is 0 Å². The maximum atomic E-state index is 12.9. The summed E-state index contributed by atoms with van der Waals surface area (Å²) < 4.78 is 12.0. The molecule has 1 atom stereocenters. The number of hydrogen-bond acceptors (Lipinski definition) is 6. The summed E-state index contributed by atoms with van der Waals surface area (Å²) in [7, 11) is 4.77. The van der Waals surface area contributed by atoms with Gasteiger partial charge in [0.2, 0.25) is 5.91 Å². The predicted molar refractivity (Wildman–Crippen MR) is 115 cm³/mol. The Kier molecular flexibility index (Phi) is 6.43. The smallest absolute Gasteiger partial charge is 0.261 e. The van der Waals surface area contributed by atoms with Gasteiger partial charge in [0.1, 0.15) is 11.5 Å². The van der Waals surface area contributed by atoms with Crippen LogP contribution in [0.1, 0.15) is 13.3 Å². The zero-order valence-corrected chi connectivity index (χ0v) is 17.6. The highest BCUT2D eigenvalue weighted by Gasteiger charge is 2.21. The van der Waals surface area contributed by atoms with Crippen LogP contribution >= 0.6 is 11.8 Å². The molecule has 3 rings (SSSR count). The average Bonchev–Trinajstić information content (AvgIpc) is 2.74. The molecule has 0 bridgehead atoms. The quantitative estimate of drug-likeness (QED) is 0.472. The summed E-state index contributed by atoms with van der Waals surface area (Å²) in [5.74, 6) is 0.980. The zero-order valence-electron chi connectivity index (χ0n) is 16.8. The third-order valence-corrected chi connectivity index (χ3v) is 5.88. The number of para-hydroxylation sites is 1. The van der Waals surface area contributed by atoms with Crippen LogP contribution in [0.4, 0.5) is 5.69 Å². The second kappa shape index (κ2) is 9.00. The summed E-state index contributed by atoms with van der Waals surface area (Å²) in [4.78, 5) is 30.1. The minimum atomic E-state index is -0.425. The number of methoxy groups -OCH3 is 2. The number of carbonyl (C=O) groups excluding carboxylic acids is 1. The third-order valence-electron chi connectivity index (χ3n) is 4.47. The van der Waals surface area contributed by atoms with Crippen LogP contribution in [0.3, 0.4) is 0 Å². The molecule has 1 unspecified atom stereocenters. The molecule has 1 aromatic heterocycles. The summed E-state index contributed by atoms with van der Waals surface area (Å²) in [5, 5.41) is 3.53. The fourth-order valence-electron chi connectivity index (χ4n) is 2.85. The highest BCUT2D eigenvalue weighted by Crippen LogP contribution is 2.28. The Morgan fingerprint density at radius 2 is 1.83 bits per heavy atom. The first-order chi connectivity index (χ1) is 14.0. The van der Waals surface area contributed by atoms with Crippen LogP contribution in [0.25, 0.3) is 10.9 Å². The van der Waals surface area contributed by atoms with E-state index in [1.807, 2.05) is 19.1 Å². The molecule has 0 aliphatic carbocycles. The van der Waals surface area contributed by atoms with Crippen molar-refractivity contribution in [3.8, 4) is 11.5 Å². The van der Waals surface area contributed by atoms with Crippen molar-refractivity contribution in [1.82, 2.24) is 9.55 Å². The standard InChI is InChI=1S/C21H23N3O4S/c1-5-18(19(25)22-13-10-14(27-3)12-15(11-13)28-4)29-21-23-17-9-7-6-8-16(17)20(26)24(21)2/h6-12,18H,5H2,1-4H3,(H,22,25). The zero-order chi connectivity index (χ0) is 21.0. The first kappa shape index (κ1) is 20.7. The minimum Gasteiger partial charge on any atom is -0.497 e. The number of fused-ring (bicyclic) bond motifs is 1. The molecule has 1 N–H and O–H groups in total. The number of aromatic nitrogens is 2. The van der Waals surface area contributed by atoms with Gasteiger partial charge in [-0.3, -0.25) is 14.2 Å². The number of hydrogen-bond donors (Lipinski definition) is 1. The van der Waals surface area contributed by atoms with E-state index in [0.29, 0.717) is 39.7 Å². The number of amides is 1. The molecular weight excluding hydrogens is 390 g/mol. The monoisotopic (exact) mass is 413 g/mol. The second-order valence-corrected chi connectivity index (χ2v) is 7.55. The van der Waals surface area contributed by atoms with Gasteiger partial charge in [-0.25, -0.2) is 4.98 Å². The maximum Gasteiger partial charge on any atom is 0.261 e. The van der Waals surface area contributed by atoms with E-state index in [2.05, 4.69) is 10.3 Å². The molecule has 3 aromatic rings. The van der Waals surface area contributed by atoms with Gasteiger partial charge in [0.15, 0.2) is 5.16 Å². The average molecular weight is 413 g/mol. The largest absolute Gasteiger partial charge is 0.497 e. The van der Waals surface area contributed by atoms with Crippen LogP contribution in [-0.2, 0) is 11.8 Å². The van der Waals surface area contributed by atoms with Crippen molar-refractivity contribution < 1.29 is 14.3 Å². The second-order valence-electron chi connectivity index (χ2n) is 6.38. The van der Waals surface area contributed by atoms with E-state index in [-0.39, 0.29) is 11.5 Å². The lowest BCUT2D eigenvalue weighted by Crippen LogP contribution is -2.27. The lowest BCUT2D eigenvalue weighted by molar-refractivity contribution is -0.115. The Hall–Kier alpha value is -3.00. The van der Waals surface area contributed by atoms with Gasteiger partial charge in [0.25, 0.3) is 5.56 Å². The molecule has 7 nitrogen and oxygen atoms in total. The Bertz CT molecular complexity index is 1070. The van der Waals surface area contributed by atoms with Crippen LogP contribution in [0.15, 0.2) is 52.4 Å². The molecule has 0 saturated carbocycles. The fraction of sp³-hybridized carbons (Fsp3) is 0.286. The minimum absolute atomic E-state index is 0.133. The first-order valence-corrected chi connectivity index (χ1v) is 10.0.